The van der Waals surface area contributed by atoms with Crippen LogP contribution in [0, 0.1) is 5.92 Å². The lowest BCUT2D eigenvalue weighted by Crippen LogP contribution is -2.55. The van der Waals surface area contributed by atoms with Gasteiger partial charge in [0.2, 0.25) is 5.91 Å². The van der Waals surface area contributed by atoms with Crippen LogP contribution in [0.2, 0.25) is 0 Å². The Morgan fingerprint density at radius 2 is 1.93 bits per heavy atom. The van der Waals surface area contributed by atoms with Gasteiger partial charge in [0.1, 0.15) is 6.04 Å². The van der Waals surface area contributed by atoms with E-state index in [1.807, 2.05) is 12.1 Å². The number of hydrogen-bond acceptors (Lipinski definition) is 4. The Bertz CT molecular complexity index is 837. The number of nitrogens with one attached hydrogen (secondary N) is 1. The van der Waals surface area contributed by atoms with Crippen LogP contribution in [0.1, 0.15) is 63.9 Å². The number of anilines is 1. The Morgan fingerprint density at radius 1 is 1.20 bits per heavy atom. The lowest BCUT2D eigenvalue weighted by atomic mass is 9.71. The number of likely N-dealkylation sites (tertiary alicyclic amines) is 1. The van der Waals surface area contributed by atoms with Crippen molar-refractivity contribution in [2.75, 3.05) is 18.0 Å². The van der Waals surface area contributed by atoms with Crippen LogP contribution in [0.25, 0.3) is 0 Å². The Hall–Kier alpha value is -2.41. The van der Waals surface area contributed by atoms with Gasteiger partial charge in [-0.1, -0.05) is 38.8 Å². The van der Waals surface area contributed by atoms with Crippen LogP contribution >= 0.6 is 0 Å². The first-order chi connectivity index (χ1) is 14.3. The molecule has 30 heavy (non-hydrogen) atoms. The summed E-state index contributed by atoms with van der Waals surface area (Å²) in [7, 11) is 0. The zero-order valence-electron chi connectivity index (χ0n) is 17.8. The Labute approximate surface area is 177 Å². The molecule has 4 amide bonds. The van der Waals surface area contributed by atoms with E-state index in [4.69, 9.17) is 0 Å². The molecule has 0 aromatic heterocycles. The van der Waals surface area contributed by atoms with E-state index in [0.29, 0.717) is 31.1 Å². The zero-order valence-corrected chi connectivity index (χ0v) is 17.8. The third-order valence-electron chi connectivity index (χ3n) is 7.00. The molecule has 2 heterocycles. The number of imide groups is 1. The fourth-order valence-electron chi connectivity index (χ4n) is 5.02. The number of carbonyl (C=O) groups excluding carboxylic acids is 3. The summed E-state index contributed by atoms with van der Waals surface area (Å²) in [4.78, 5) is 41.0. The fourth-order valence-corrected chi connectivity index (χ4v) is 5.02. The number of aliphatic hydroxyl groups is 1. The van der Waals surface area contributed by atoms with Crippen molar-refractivity contribution in [3.05, 3.63) is 29.8 Å². The molecule has 0 radical (unpaired) electrons. The summed E-state index contributed by atoms with van der Waals surface area (Å²) in [6.45, 7) is 5.20. The molecule has 2 saturated heterocycles. The highest BCUT2D eigenvalue weighted by atomic mass is 16.3. The molecule has 3 fully saturated rings. The van der Waals surface area contributed by atoms with E-state index in [1.165, 1.54) is 0 Å². The molecule has 0 spiro atoms. The lowest BCUT2D eigenvalue weighted by molar-refractivity contribution is -0.144. The van der Waals surface area contributed by atoms with Crippen LogP contribution in [0.5, 0.6) is 0 Å². The molecule has 1 aliphatic carbocycles. The molecule has 3 aliphatic rings. The minimum Gasteiger partial charge on any atom is -0.389 e. The Morgan fingerprint density at radius 3 is 2.63 bits per heavy atom. The average molecular weight is 414 g/mol. The largest absolute Gasteiger partial charge is 0.389 e. The summed E-state index contributed by atoms with van der Waals surface area (Å²) >= 11 is 0. The quantitative estimate of drug-likeness (QED) is 0.743. The monoisotopic (exact) mass is 413 g/mol. The highest BCUT2D eigenvalue weighted by molar-refractivity contribution is 6.22. The number of amides is 4. The number of fused-ring (bicyclic) bond motifs is 1. The molecule has 7 nitrogen and oxygen atoms in total. The van der Waals surface area contributed by atoms with Gasteiger partial charge in [0.05, 0.1) is 17.7 Å². The second-order valence-corrected chi connectivity index (χ2v) is 9.26. The van der Waals surface area contributed by atoms with E-state index in [9.17, 15) is 19.5 Å². The fraction of sp³-hybridized carbons (Fsp3) is 0.609. The van der Waals surface area contributed by atoms with E-state index in [1.54, 1.807) is 17.0 Å². The van der Waals surface area contributed by atoms with Crippen molar-refractivity contribution in [1.82, 2.24) is 10.2 Å². The maximum absolute atomic E-state index is 12.9. The molecule has 1 aromatic carbocycles. The second-order valence-electron chi connectivity index (χ2n) is 9.26. The van der Waals surface area contributed by atoms with Gasteiger partial charge in [-0.05, 0) is 42.9 Å². The van der Waals surface area contributed by atoms with Crippen molar-refractivity contribution in [3.8, 4) is 0 Å². The number of urea groups is 1. The summed E-state index contributed by atoms with van der Waals surface area (Å²) in [5.74, 6) is -0.0669. The molecular formula is C23H31N3O4. The van der Waals surface area contributed by atoms with Crippen molar-refractivity contribution in [3.63, 3.8) is 0 Å². The number of hydrogen-bond donors (Lipinski definition) is 2. The van der Waals surface area contributed by atoms with E-state index in [2.05, 4.69) is 19.2 Å². The van der Waals surface area contributed by atoms with Crippen molar-refractivity contribution in [2.45, 2.75) is 69.9 Å². The highest BCUT2D eigenvalue weighted by Gasteiger charge is 2.45. The standard InChI is InChI=1S/C23H31N3O4/c1-15(2)16-6-8-18(9-7-16)26-21(28)19(24-22(26)29)13-20(27)25-12-11-23(30)10-4-3-5-17(23)14-25/h6-9,15,17,19,30H,3-5,10-14H2,1-2H3,(H,24,29). The molecule has 1 aromatic rings. The summed E-state index contributed by atoms with van der Waals surface area (Å²) in [5, 5.41) is 13.5. The van der Waals surface area contributed by atoms with Crippen LogP contribution in [0.4, 0.5) is 10.5 Å². The predicted molar refractivity (Wildman–Crippen MR) is 113 cm³/mol. The molecule has 162 valence electrons. The lowest BCUT2D eigenvalue weighted by Gasteiger charge is -2.47. The van der Waals surface area contributed by atoms with E-state index >= 15 is 0 Å². The second kappa shape index (κ2) is 8.02. The van der Waals surface area contributed by atoms with Crippen molar-refractivity contribution in [1.29, 1.82) is 0 Å². The number of nitrogens with zero attached hydrogens (tertiary/aromatic N) is 2. The molecule has 3 atom stereocenters. The molecular weight excluding hydrogens is 382 g/mol. The zero-order chi connectivity index (χ0) is 21.5. The highest BCUT2D eigenvalue weighted by Crippen LogP contribution is 2.40. The smallest absolute Gasteiger partial charge is 0.329 e. The summed E-state index contributed by atoms with van der Waals surface area (Å²) in [6.07, 6.45) is 4.40. The minimum atomic E-state index is -0.845. The molecule has 4 rings (SSSR count). The van der Waals surface area contributed by atoms with E-state index in [0.717, 1.165) is 36.1 Å². The van der Waals surface area contributed by atoms with Crippen LogP contribution < -0.4 is 10.2 Å². The van der Waals surface area contributed by atoms with Crippen LogP contribution in [-0.2, 0) is 9.59 Å². The maximum atomic E-state index is 12.9. The van der Waals surface area contributed by atoms with Crippen molar-refractivity contribution >= 4 is 23.5 Å². The molecule has 2 aliphatic heterocycles. The first-order valence-electron chi connectivity index (χ1n) is 11.0. The third kappa shape index (κ3) is 3.83. The van der Waals surface area contributed by atoms with Crippen LogP contribution in [0.15, 0.2) is 24.3 Å². The number of piperidine rings is 1. The van der Waals surface area contributed by atoms with Gasteiger partial charge in [0, 0.05) is 19.0 Å². The van der Waals surface area contributed by atoms with Gasteiger partial charge in [0.25, 0.3) is 5.91 Å². The van der Waals surface area contributed by atoms with Gasteiger partial charge in [-0.2, -0.15) is 0 Å². The summed E-state index contributed by atoms with van der Waals surface area (Å²) in [6, 6.07) is 6.03. The number of carbonyl (C=O) groups is 3. The molecule has 1 saturated carbocycles. The van der Waals surface area contributed by atoms with Gasteiger partial charge >= 0.3 is 6.03 Å². The number of benzene rings is 1. The summed E-state index contributed by atoms with van der Waals surface area (Å²) < 4.78 is 0. The van der Waals surface area contributed by atoms with Gasteiger partial charge < -0.3 is 15.3 Å². The topological polar surface area (TPSA) is 90.0 Å². The molecule has 0 bridgehead atoms. The summed E-state index contributed by atoms with van der Waals surface area (Å²) in [5.41, 5.74) is 0.998. The minimum absolute atomic E-state index is 0.0453. The predicted octanol–water partition coefficient (Wildman–Crippen LogP) is 2.78. The molecule has 2 N–H and O–H groups in total. The first-order valence-corrected chi connectivity index (χ1v) is 11.0. The number of rotatable bonds is 4. The van der Waals surface area contributed by atoms with Gasteiger partial charge in [-0.15, -0.1) is 0 Å². The van der Waals surface area contributed by atoms with Gasteiger partial charge in [-0.3, -0.25) is 9.59 Å². The van der Waals surface area contributed by atoms with E-state index in [-0.39, 0.29) is 18.2 Å². The normalized spacial score (nSPS) is 29.2. The third-order valence-corrected chi connectivity index (χ3v) is 7.00. The van der Waals surface area contributed by atoms with Crippen molar-refractivity contribution in [2.24, 2.45) is 5.92 Å². The average Bonchev–Trinajstić information content (AvgIpc) is 3.00. The van der Waals surface area contributed by atoms with E-state index < -0.39 is 23.6 Å². The van der Waals surface area contributed by atoms with Gasteiger partial charge in [-0.25, -0.2) is 9.69 Å². The SMILES string of the molecule is CC(C)c1ccc(N2C(=O)NC(CC(=O)N3CCC4(O)CCCCC4C3)C2=O)cc1. The van der Waals surface area contributed by atoms with Crippen LogP contribution in [-0.4, -0.2) is 52.6 Å². The maximum Gasteiger partial charge on any atom is 0.329 e. The van der Waals surface area contributed by atoms with Crippen molar-refractivity contribution < 1.29 is 19.5 Å². The molecule has 7 heteroatoms. The van der Waals surface area contributed by atoms with Crippen LogP contribution in [0.3, 0.4) is 0 Å². The first kappa shape index (κ1) is 20.8. The Kier molecular flexibility index (Phi) is 5.57. The Balaban J connectivity index is 1.40. The molecule has 3 unspecified atom stereocenters. The van der Waals surface area contributed by atoms with Gasteiger partial charge in [0.15, 0.2) is 0 Å².